The molecule has 1 saturated heterocycles. The fraction of sp³-hybridized carbons (Fsp3) is 1.00. The zero-order chi connectivity index (χ0) is 9.52. The third-order valence-corrected chi connectivity index (χ3v) is 2.36. The van der Waals surface area contributed by atoms with Gasteiger partial charge in [0.1, 0.15) is 0 Å². The predicted molar refractivity (Wildman–Crippen MR) is 50.5 cm³/mol. The quantitative estimate of drug-likeness (QED) is 0.280. The van der Waals surface area contributed by atoms with Gasteiger partial charge in [-0.05, 0) is 24.9 Å². The van der Waals surface area contributed by atoms with E-state index < -0.39 is 0 Å². The monoisotopic (exact) mass is 184 g/mol. The summed E-state index contributed by atoms with van der Waals surface area (Å²) in [6.07, 6.45) is 2.47. The van der Waals surface area contributed by atoms with Gasteiger partial charge in [-0.2, -0.15) is 0 Å². The number of likely N-dealkylation sites (tertiary alicyclic amines) is 1. The van der Waals surface area contributed by atoms with E-state index in [1.54, 1.807) is 7.11 Å². The zero-order valence-corrected chi connectivity index (χ0v) is 8.02. The van der Waals surface area contributed by atoms with E-state index >= 15 is 0 Å². The second-order valence-electron chi connectivity index (χ2n) is 3.26. The summed E-state index contributed by atoms with van der Waals surface area (Å²) in [4.78, 5) is 5.06. The lowest BCUT2D eigenvalue weighted by atomic mass is 10.3. The summed E-state index contributed by atoms with van der Waals surface area (Å²) in [5.74, 6) is 0. The molecule has 0 radical (unpaired) electrons. The number of hydrogen-bond acceptors (Lipinski definition) is 3. The summed E-state index contributed by atoms with van der Waals surface area (Å²) >= 11 is 0. The lowest BCUT2D eigenvalue weighted by molar-refractivity contribution is 0.108. The lowest BCUT2D eigenvalue weighted by Gasteiger charge is -2.14. The number of azide groups is 1. The first-order chi connectivity index (χ1) is 6.36. The van der Waals surface area contributed by atoms with Crippen LogP contribution in [0.15, 0.2) is 5.11 Å². The van der Waals surface area contributed by atoms with E-state index in [0.717, 1.165) is 32.5 Å². The Morgan fingerprint density at radius 1 is 1.69 bits per heavy atom. The van der Waals surface area contributed by atoms with Crippen LogP contribution in [0.25, 0.3) is 10.4 Å². The summed E-state index contributed by atoms with van der Waals surface area (Å²) in [5.41, 5.74) is 8.06. The Bertz CT molecular complexity index is 191. The molecule has 5 nitrogen and oxygen atoms in total. The highest BCUT2D eigenvalue weighted by molar-refractivity contribution is 4.75. The maximum Gasteiger partial charge on any atom is 0.0710 e. The number of ether oxygens (including phenoxy) is 1. The molecule has 1 heterocycles. The molecule has 5 heteroatoms. The standard InChI is InChI=1S/C8H16N4O/c1-13-8-3-6-12(7-8)5-2-4-10-11-9/h8H,2-7H2,1H3. The van der Waals surface area contributed by atoms with Gasteiger partial charge in [0.25, 0.3) is 0 Å². The molecule has 0 spiro atoms. The molecule has 0 aliphatic carbocycles. The maximum atomic E-state index is 8.06. The molecule has 0 aromatic carbocycles. The van der Waals surface area contributed by atoms with Gasteiger partial charge in [0.2, 0.25) is 0 Å². The van der Waals surface area contributed by atoms with Gasteiger partial charge in [-0.1, -0.05) is 5.11 Å². The summed E-state index contributed by atoms with van der Waals surface area (Å²) in [7, 11) is 1.76. The Morgan fingerprint density at radius 3 is 3.15 bits per heavy atom. The van der Waals surface area contributed by atoms with Crippen molar-refractivity contribution in [3.8, 4) is 0 Å². The second kappa shape index (κ2) is 5.80. The topological polar surface area (TPSA) is 61.2 Å². The van der Waals surface area contributed by atoms with Crippen molar-refractivity contribution < 1.29 is 4.74 Å². The molecule has 0 amide bonds. The van der Waals surface area contributed by atoms with Crippen LogP contribution in [0.5, 0.6) is 0 Å². The molecular weight excluding hydrogens is 168 g/mol. The van der Waals surface area contributed by atoms with Gasteiger partial charge in [0.15, 0.2) is 0 Å². The van der Waals surface area contributed by atoms with Crippen molar-refractivity contribution in [1.29, 1.82) is 0 Å². The molecule has 1 atom stereocenters. The van der Waals surface area contributed by atoms with Crippen LogP contribution in [-0.4, -0.2) is 44.3 Å². The first-order valence-corrected chi connectivity index (χ1v) is 4.63. The van der Waals surface area contributed by atoms with Crippen LogP contribution < -0.4 is 0 Å². The van der Waals surface area contributed by atoms with Crippen molar-refractivity contribution in [2.75, 3.05) is 33.3 Å². The molecule has 74 valence electrons. The second-order valence-corrected chi connectivity index (χ2v) is 3.26. The van der Waals surface area contributed by atoms with Crippen LogP contribution >= 0.6 is 0 Å². The number of rotatable bonds is 5. The highest BCUT2D eigenvalue weighted by Gasteiger charge is 2.20. The van der Waals surface area contributed by atoms with Gasteiger partial charge in [0, 0.05) is 31.7 Å². The maximum absolute atomic E-state index is 8.06. The lowest BCUT2D eigenvalue weighted by Crippen LogP contribution is -2.24. The van der Waals surface area contributed by atoms with Crippen LogP contribution in [0.2, 0.25) is 0 Å². The van der Waals surface area contributed by atoms with E-state index in [1.807, 2.05) is 0 Å². The molecule has 0 aromatic rings. The van der Waals surface area contributed by atoms with Gasteiger partial charge < -0.3 is 9.64 Å². The van der Waals surface area contributed by atoms with Gasteiger partial charge in [-0.15, -0.1) is 0 Å². The minimum Gasteiger partial charge on any atom is -0.380 e. The van der Waals surface area contributed by atoms with Crippen molar-refractivity contribution >= 4 is 0 Å². The highest BCUT2D eigenvalue weighted by Crippen LogP contribution is 2.11. The molecule has 0 N–H and O–H groups in total. The van der Waals surface area contributed by atoms with Gasteiger partial charge in [0.05, 0.1) is 6.10 Å². The van der Waals surface area contributed by atoms with Crippen molar-refractivity contribution in [3.05, 3.63) is 10.4 Å². The fourth-order valence-electron chi connectivity index (χ4n) is 1.60. The largest absolute Gasteiger partial charge is 0.380 e. The van der Waals surface area contributed by atoms with Gasteiger partial charge >= 0.3 is 0 Å². The van der Waals surface area contributed by atoms with Gasteiger partial charge in [-0.3, -0.25) is 0 Å². The molecule has 0 bridgehead atoms. The molecule has 1 unspecified atom stereocenters. The van der Waals surface area contributed by atoms with Crippen molar-refractivity contribution in [1.82, 2.24) is 4.90 Å². The van der Waals surface area contributed by atoms with Crippen molar-refractivity contribution in [2.45, 2.75) is 18.9 Å². The Hall–Kier alpha value is -0.770. The SMILES string of the molecule is COC1CCN(CCCN=[N+]=[N-])C1. The van der Waals surface area contributed by atoms with E-state index in [-0.39, 0.29) is 0 Å². The zero-order valence-electron chi connectivity index (χ0n) is 8.02. The van der Waals surface area contributed by atoms with Crippen LogP contribution in [0.1, 0.15) is 12.8 Å². The highest BCUT2D eigenvalue weighted by atomic mass is 16.5. The average molecular weight is 184 g/mol. The van der Waals surface area contributed by atoms with Gasteiger partial charge in [-0.25, -0.2) is 0 Å². The minimum atomic E-state index is 0.402. The molecule has 0 aromatic heterocycles. The molecule has 0 saturated carbocycles. The summed E-state index contributed by atoms with van der Waals surface area (Å²) in [5, 5.41) is 3.49. The third-order valence-electron chi connectivity index (χ3n) is 2.36. The predicted octanol–water partition coefficient (Wildman–Crippen LogP) is 1.41. The van der Waals surface area contributed by atoms with Crippen LogP contribution in [-0.2, 0) is 4.74 Å². The number of methoxy groups -OCH3 is 1. The summed E-state index contributed by atoms with van der Waals surface area (Å²) in [6, 6.07) is 0. The summed E-state index contributed by atoms with van der Waals surface area (Å²) in [6.45, 7) is 3.74. The molecule has 1 aliphatic rings. The van der Waals surface area contributed by atoms with E-state index in [0.29, 0.717) is 12.6 Å². The smallest absolute Gasteiger partial charge is 0.0710 e. The molecule has 1 fully saturated rings. The number of hydrogen-bond donors (Lipinski definition) is 0. The fourth-order valence-corrected chi connectivity index (χ4v) is 1.60. The first kappa shape index (κ1) is 10.3. The Balaban J connectivity index is 2.06. The van der Waals surface area contributed by atoms with Crippen LogP contribution in [0.3, 0.4) is 0 Å². The third kappa shape index (κ3) is 3.63. The van der Waals surface area contributed by atoms with Crippen LogP contribution in [0.4, 0.5) is 0 Å². The molecule has 1 rings (SSSR count). The summed E-state index contributed by atoms with van der Waals surface area (Å²) < 4.78 is 5.25. The normalized spacial score (nSPS) is 23.0. The van der Waals surface area contributed by atoms with Crippen molar-refractivity contribution in [3.63, 3.8) is 0 Å². The van der Waals surface area contributed by atoms with E-state index in [1.165, 1.54) is 0 Å². The minimum absolute atomic E-state index is 0.402. The molecular formula is C8H16N4O. The van der Waals surface area contributed by atoms with Crippen molar-refractivity contribution in [2.24, 2.45) is 5.11 Å². The van der Waals surface area contributed by atoms with E-state index in [2.05, 4.69) is 14.9 Å². The molecule has 1 aliphatic heterocycles. The Morgan fingerprint density at radius 2 is 2.54 bits per heavy atom. The average Bonchev–Trinajstić information content (AvgIpc) is 2.60. The first-order valence-electron chi connectivity index (χ1n) is 4.63. The van der Waals surface area contributed by atoms with E-state index in [9.17, 15) is 0 Å². The Labute approximate surface area is 78.3 Å². The van der Waals surface area contributed by atoms with E-state index in [4.69, 9.17) is 10.3 Å². The Kier molecular flexibility index (Phi) is 4.60. The number of nitrogens with zero attached hydrogens (tertiary/aromatic N) is 4. The molecule has 13 heavy (non-hydrogen) atoms. The van der Waals surface area contributed by atoms with Crippen LogP contribution in [0, 0.1) is 0 Å².